The molecule has 6 nitrogen and oxygen atoms in total. The summed E-state index contributed by atoms with van der Waals surface area (Å²) in [4.78, 5) is 24.2. The summed E-state index contributed by atoms with van der Waals surface area (Å²) in [5, 5.41) is 7.34. The average molecular weight is 291 g/mol. The Morgan fingerprint density at radius 3 is 2.86 bits per heavy atom. The van der Waals surface area contributed by atoms with E-state index in [0.29, 0.717) is 13.2 Å². The molecule has 2 fully saturated rings. The van der Waals surface area contributed by atoms with Crippen LogP contribution in [0, 0.1) is 12.8 Å². The van der Waals surface area contributed by atoms with Gasteiger partial charge in [0, 0.05) is 12.0 Å². The number of nitrogens with zero attached hydrogens (tertiary/aromatic N) is 2. The maximum absolute atomic E-state index is 12.3. The van der Waals surface area contributed by atoms with Gasteiger partial charge in [-0.25, -0.2) is 4.68 Å². The topological polar surface area (TPSA) is 73.2 Å². The second-order valence-corrected chi connectivity index (χ2v) is 5.96. The molecule has 1 saturated carbocycles. The summed E-state index contributed by atoms with van der Waals surface area (Å²) in [6, 6.07) is 2.81. The number of carbonyl (C=O) groups excluding carboxylic acids is 1. The Kier molecular flexibility index (Phi) is 4.05. The van der Waals surface area contributed by atoms with Crippen molar-refractivity contribution < 1.29 is 9.53 Å². The van der Waals surface area contributed by atoms with E-state index in [4.69, 9.17) is 4.74 Å². The molecule has 0 radical (unpaired) electrons. The minimum atomic E-state index is -0.220. The van der Waals surface area contributed by atoms with E-state index >= 15 is 0 Å². The molecule has 1 aliphatic carbocycles. The molecule has 1 aromatic heterocycles. The molecule has 1 N–H and O–H groups in total. The number of hydrogen-bond donors (Lipinski definition) is 1. The Morgan fingerprint density at radius 2 is 2.10 bits per heavy atom. The Balaban J connectivity index is 1.74. The first-order chi connectivity index (χ1) is 10.1. The fourth-order valence-corrected chi connectivity index (χ4v) is 3.17. The van der Waals surface area contributed by atoms with Gasteiger partial charge in [-0.3, -0.25) is 9.59 Å². The standard InChI is InChI=1S/C15H21N3O3/c1-10-6-7-14(19)18(17-10)13-9-21-8-12(13)16-15(20)11-4-2-3-5-11/h6-7,11-13H,2-5,8-9H2,1H3,(H,16,20). The maximum atomic E-state index is 12.3. The molecular formula is C15H21N3O3. The fraction of sp³-hybridized carbons (Fsp3) is 0.667. The summed E-state index contributed by atoms with van der Waals surface area (Å²) in [6.07, 6.45) is 4.18. The highest BCUT2D eigenvalue weighted by atomic mass is 16.5. The van der Waals surface area contributed by atoms with Crippen molar-refractivity contribution in [3.05, 3.63) is 28.2 Å². The molecule has 0 spiro atoms. The predicted molar refractivity (Wildman–Crippen MR) is 77.0 cm³/mol. The van der Waals surface area contributed by atoms with E-state index in [0.717, 1.165) is 31.4 Å². The van der Waals surface area contributed by atoms with E-state index < -0.39 is 0 Å². The van der Waals surface area contributed by atoms with Crippen molar-refractivity contribution in [1.29, 1.82) is 0 Å². The zero-order chi connectivity index (χ0) is 14.8. The lowest BCUT2D eigenvalue weighted by Crippen LogP contribution is -2.45. The molecular weight excluding hydrogens is 270 g/mol. The fourth-order valence-electron chi connectivity index (χ4n) is 3.17. The normalized spacial score (nSPS) is 26.1. The number of carbonyl (C=O) groups is 1. The second-order valence-electron chi connectivity index (χ2n) is 5.96. The molecule has 114 valence electrons. The number of hydrogen-bond acceptors (Lipinski definition) is 4. The second kappa shape index (κ2) is 5.97. The highest BCUT2D eigenvalue weighted by Gasteiger charge is 2.34. The van der Waals surface area contributed by atoms with Crippen molar-refractivity contribution >= 4 is 5.91 Å². The molecule has 2 heterocycles. The van der Waals surface area contributed by atoms with Crippen LogP contribution in [0.25, 0.3) is 0 Å². The van der Waals surface area contributed by atoms with Crippen molar-refractivity contribution in [2.24, 2.45) is 5.92 Å². The number of amides is 1. The molecule has 1 aliphatic heterocycles. The molecule has 3 rings (SSSR count). The molecule has 6 heteroatoms. The van der Waals surface area contributed by atoms with Crippen LogP contribution >= 0.6 is 0 Å². The number of nitrogens with one attached hydrogen (secondary N) is 1. The van der Waals surface area contributed by atoms with Crippen LogP contribution in [0.5, 0.6) is 0 Å². The Hall–Kier alpha value is -1.69. The van der Waals surface area contributed by atoms with Gasteiger partial charge in [0.2, 0.25) is 5.91 Å². The van der Waals surface area contributed by atoms with Gasteiger partial charge in [0.05, 0.1) is 24.9 Å². The first-order valence-electron chi connectivity index (χ1n) is 7.60. The van der Waals surface area contributed by atoms with Crippen molar-refractivity contribution in [2.45, 2.75) is 44.7 Å². The smallest absolute Gasteiger partial charge is 0.267 e. The molecule has 1 aromatic rings. The van der Waals surface area contributed by atoms with E-state index in [-0.39, 0.29) is 29.5 Å². The van der Waals surface area contributed by atoms with Crippen molar-refractivity contribution in [2.75, 3.05) is 13.2 Å². The summed E-state index contributed by atoms with van der Waals surface area (Å²) in [7, 11) is 0. The number of aromatic nitrogens is 2. The van der Waals surface area contributed by atoms with Gasteiger partial charge in [-0.05, 0) is 25.8 Å². The molecule has 2 unspecified atom stereocenters. The van der Waals surface area contributed by atoms with Gasteiger partial charge in [0.1, 0.15) is 6.04 Å². The molecule has 0 aromatic carbocycles. The summed E-state index contributed by atoms with van der Waals surface area (Å²) in [6.45, 7) is 2.69. The summed E-state index contributed by atoms with van der Waals surface area (Å²) >= 11 is 0. The van der Waals surface area contributed by atoms with Gasteiger partial charge in [-0.15, -0.1) is 0 Å². The van der Waals surface area contributed by atoms with Gasteiger partial charge in [0.15, 0.2) is 0 Å². The van der Waals surface area contributed by atoms with Crippen molar-refractivity contribution in [3.8, 4) is 0 Å². The monoisotopic (exact) mass is 291 g/mol. The largest absolute Gasteiger partial charge is 0.377 e. The number of rotatable bonds is 3. The van der Waals surface area contributed by atoms with E-state index in [2.05, 4.69) is 10.4 Å². The van der Waals surface area contributed by atoms with Crippen LogP contribution in [0.15, 0.2) is 16.9 Å². The highest BCUT2D eigenvalue weighted by Crippen LogP contribution is 2.26. The Morgan fingerprint density at radius 1 is 1.33 bits per heavy atom. The molecule has 1 saturated heterocycles. The van der Waals surface area contributed by atoms with E-state index in [1.807, 2.05) is 6.92 Å². The summed E-state index contributed by atoms with van der Waals surface area (Å²) < 4.78 is 6.91. The number of aryl methyl sites for hydroxylation is 1. The van der Waals surface area contributed by atoms with Gasteiger partial charge in [-0.2, -0.15) is 5.10 Å². The number of ether oxygens (including phenoxy) is 1. The molecule has 1 amide bonds. The van der Waals surface area contributed by atoms with Crippen molar-refractivity contribution in [1.82, 2.24) is 15.1 Å². The first-order valence-corrected chi connectivity index (χ1v) is 7.60. The SMILES string of the molecule is Cc1ccc(=O)n(C2COCC2NC(=O)C2CCCC2)n1. The highest BCUT2D eigenvalue weighted by molar-refractivity contribution is 5.79. The first kappa shape index (κ1) is 14.3. The molecule has 2 aliphatic rings. The zero-order valence-corrected chi connectivity index (χ0v) is 12.2. The van der Waals surface area contributed by atoms with Crippen LogP contribution in [0.3, 0.4) is 0 Å². The van der Waals surface area contributed by atoms with Crippen LogP contribution in [-0.4, -0.2) is 34.9 Å². The lowest BCUT2D eigenvalue weighted by Gasteiger charge is -2.22. The quantitative estimate of drug-likeness (QED) is 0.894. The van der Waals surface area contributed by atoms with Crippen LogP contribution in [0.4, 0.5) is 0 Å². The third kappa shape index (κ3) is 3.00. The Labute approximate surface area is 123 Å². The van der Waals surface area contributed by atoms with Gasteiger partial charge in [0.25, 0.3) is 5.56 Å². The lowest BCUT2D eigenvalue weighted by molar-refractivity contribution is -0.125. The van der Waals surface area contributed by atoms with Gasteiger partial charge in [-0.1, -0.05) is 12.8 Å². The average Bonchev–Trinajstić information content (AvgIpc) is 3.12. The van der Waals surface area contributed by atoms with E-state index in [9.17, 15) is 9.59 Å². The maximum Gasteiger partial charge on any atom is 0.267 e. The zero-order valence-electron chi connectivity index (χ0n) is 12.2. The van der Waals surface area contributed by atoms with Crippen LogP contribution < -0.4 is 10.9 Å². The minimum absolute atomic E-state index is 0.0914. The van der Waals surface area contributed by atoms with E-state index in [1.165, 1.54) is 10.7 Å². The predicted octanol–water partition coefficient (Wildman–Crippen LogP) is 0.798. The van der Waals surface area contributed by atoms with Crippen LogP contribution in [-0.2, 0) is 9.53 Å². The molecule has 21 heavy (non-hydrogen) atoms. The van der Waals surface area contributed by atoms with E-state index in [1.54, 1.807) is 6.07 Å². The molecule has 0 bridgehead atoms. The van der Waals surface area contributed by atoms with Crippen LogP contribution in [0.2, 0.25) is 0 Å². The third-order valence-electron chi connectivity index (χ3n) is 4.38. The van der Waals surface area contributed by atoms with Crippen LogP contribution in [0.1, 0.15) is 37.4 Å². The summed E-state index contributed by atoms with van der Waals surface area (Å²) in [5.74, 6) is 0.210. The van der Waals surface area contributed by atoms with Gasteiger partial charge < -0.3 is 10.1 Å². The van der Waals surface area contributed by atoms with Crippen molar-refractivity contribution in [3.63, 3.8) is 0 Å². The third-order valence-corrected chi connectivity index (χ3v) is 4.38. The molecule has 2 atom stereocenters. The lowest BCUT2D eigenvalue weighted by atomic mass is 10.1. The summed E-state index contributed by atoms with van der Waals surface area (Å²) in [5.41, 5.74) is 0.624. The minimum Gasteiger partial charge on any atom is -0.377 e. The Bertz CT molecular complexity index is 578. The van der Waals surface area contributed by atoms with Gasteiger partial charge >= 0.3 is 0 Å².